The standard InChI is InChI=1S/C17H18BrN3O2/c1-11(12-3-5-20-6-4-12)14-7-13-15(16(18)21-14)23-9-17(13,2)8-22-10-19/h3-7H,1,8-10,19H2,2H3/t17-/m0/s1. The molecule has 0 saturated heterocycles. The molecule has 0 spiro atoms. The number of aromatic nitrogens is 2. The summed E-state index contributed by atoms with van der Waals surface area (Å²) in [6.07, 6.45) is 3.48. The summed E-state index contributed by atoms with van der Waals surface area (Å²) in [6, 6.07) is 5.85. The second-order valence-electron chi connectivity index (χ2n) is 5.75. The molecule has 3 rings (SSSR count). The Hall–Kier alpha value is -1.76. The summed E-state index contributed by atoms with van der Waals surface area (Å²) in [5.41, 5.74) is 8.88. The first-order valence-corrected chi connectivity index (χ1v) is 8.06. The average Bonchev–Trinajstić information content (AvgIpc) is 2.91. The highest BCUT2D eigenvalue weighted by Crippen LogP contribution is 2.43. The maximum atomic E-state index is 5.81. The molecule has 6 heteroatoms. The maximum Gasteiger partial charge on any atom is 0.156 e. The molecule has 0 unspecified atom stereocenters. The third-order valence-corrected chi connectivity index (χ3v) is 4.53. The van der Waals surface area contributed by atoms with Gasteiger partial charge in [0.1, 0.15) is 11.2 Å². The number of fused-ring (bicyclic) bond motifs is 1. The van der Waals surface area contributed by atoms with Crippen molar-refractivity contribution in [2.45, 2.75) is 12.3 Å². The summed E-state index contributed by atoms with van der Waals surface area (Å²) in [7, 11) is 0. The van der Waals surface area contributed by atoms with Gasteiger partial charge in [0.05, 0.1) is 24.4 Å². The molecule has 1 aliphatic heterocycles. The predicted octanol–water partition coefficient (Wildman–Crippen LogP) is 2.88. The van der Waals surface area contributed by atoms with E-state index in [1.54, 1.807) is 12.4 Å². The molecule has 0 saturated carbocycles. The molecular weight excluding hydrogens is 358 g/mol. The molecule has 0 radical (unpaired) electrons. The maximum absolute atomic E-state index is 5.81. The largest absolute Gasteiger partial charge is 0.489 e. The minimum Gasteiger partial charge on any atom is -0.489 e. The fourth-order valence-electron chi connectivity index (χ4n) is 2.66. The molecule has 23 heavy (non-hydrogen) atoms. The normalized spacial score (nSPS) is 19.3. The number of ether oxygens (including phenoxy) is 2. The summed E-state index contributed by atoms with van der Waals surface area (Å²) in [6.45, 7) is 7.48. The Kier molecular flexibility index (Phi) is 4.48. The second kappa shape index (κ2) is 6.39. The van der Waals surface area contributed by atoms with Gasteiger partial charge in [0.2, 0.25) is 0 Å². The van der Waals surface area contributed by atoms with Gasteiger partial charge >= 0.3 is 0 Å². The zero-order valence-corrected chi connectivity index (χ0v) is 14.5. The van der Waals surface area contributed by atoms with E-state index in [1.807, 2.05) is 18.2 Å². The Morgan fingerprint density at radius 3 is 2.91 bits per heavy atom. The Balaban J connectivity index is 2.01. The van der Waals surface area contributed by atoms with Crippen LogP contribution in [-0.4, -0.2) is 29.9 Å². The predicted molar refractivity (Wildman–Crippen MR) is 92.2 cm³/mol. The van der Waals surface area contributed by atoms with E-state index >= 15 is 0 Å². The van der Waals surface area contributed by atoms with E-state index in [0.717, 1.165) is 28.1 Å². The molecular formula is C17H18BrN3O2. The van der Waals surface area contributed by atoms with Gasteiger partial charge in [0, 0.05) is 23.5 Å². The number of hydrogen-bond donors (Lipinski definition) is 1. The first-order chi connectivity index (χ1) is 11.0. The summed E-state index contributed by atoms with van der Waals surface area (Å²) in [5.74, 6) is 0.763. The van der Waals surface area contributed by atoms with Crippen LogP contribution >= 0.6 is 15.9 Å². The summed E-state index contributed by atoms with van der Waals surface area (Å²) < 4.78 is 11.9. The highest BCUT2D eigenvalue weighted by Gasteiger charge is 2.39. The molecule has 0 amide bonds. The topological polar surface area (TPSA) is 70.3 Å². The summed E-state index contributed by atoms with van der Waals surface area (Å²) in [4.78, 5) is 8.61. The first kappa shape index (κ1) is 16.1. The van der Waals surface area contributed by atoms with Crippen molar-refractivity contribution in [1.82, 2.24) is 9.97 Å². The lowest BCUT2D eigenvalue weighted by Crippen LogP contribution is -2.31. The number of rotatable bonds is 5. The molecule has 0 bridgehead atoms. The number of pyridine rings is 2. The third-order valence-electron chi connectivity index (χ3n) is 3.99. The van der Waals surface area contributed by atoms with Crippen molar-refractivity contribution in [2.24, 2.45) is 5.73 Å². The number of nitrogens with zero attached hydrogens (tertiary/aromatic N) is 2. The van der Waals surface area contributed by atoms with Gasteiger partial charge in [-0.2, -0.15) is 0 Å². The van der Waals surface area contributed by atoms with E-state index in [9.17, 15) is 0 Å². The van der Waals surface area contributed by atoms with Crippen molar-refractivity contribution < 1.29 is 9.47 Å². The summed E-state index contributed by atoms with van der Waals surface area (Å²) in [5, 5.41) is 0. The molecule has 2 aromatic rings. The van der Waals surface area contributed by atoms with Gasteiger partial charge in [-0.05, 0) is 46.6 Å². The van der Waals surface area contributed by atoms with Crippen LogP contribution in [0.1, 0.15) is 23.7 Å². The fourth-order valence-corrected chi connectivity index (χ4v) is 3.18. The molecule has 5 nitrogen and oxygen atoms in total. The molecule has 2 N–H and O–H groups in total. The van der Waals surface area contributed by atoms with E-state index in [0.29, 0.717) is 17.8 Å². The van der Waals surface area contributed by atoms with Crippen LogP contribution in [0, 0.1) is 0 Å². The first-order valence-electron chi connectivity index (χ1n) is 7.26. The Bertz CT molecular complexity index is 736. The van der Waals surface area contributed by atoms with E-state index in [1.165, 1.54) is 0 Å². The van der Waals surface area contributed by atoms with Crippen molar-refractivity contribution in [3.8, 4) is 5.75 Å². The zero-order valence-electron chi connectivity index (χ0n) is 12.9. The zero-order chi connectivity index (χ0) is 16.4. The lowest BCUT2D eigenvalue weighted by Gasteiger charge is -2.22. The van der Waals surface area contributed by atoms with Crippen LogP contribution < -0.4 is 10.5 Å². The molecule has 0 aromatic carbocycles. The Morgan fingerprint density at radius 1 is 1.48 bits per heavy atom. The quantitative estimate of drug-likeness (QED) is 0.642. The minimum absolute atomic E-state index is 0.188. The molecule has 0 aliphatic carbocycles. The van der Waals surface area contributed by atoms with Crippen LogP contribution in [0.25, 0.3) is 5.57 Å². The fraction of sp³-hybridized carbons (Fsp3) is 0.294. The molecule has 0 fully saturated rings. The van der Waals surface area contributed by atoms with Crippen LogP contribution in [0.5, 0.6) is 5.75 Å². The van der Waals surface area contributed by atoms with Crippen molar-refractivity contribution in [3.63, 3.8) is 0 Å². The van der Waals surface area contributed by atoms with E-state index in [-0.39, 0.29) is 12.1 Å². The molecule has 1 atom stereocenters. The number of nitrogens with two attached hydrogens (primary N) is 1. The van der Waals surface area contributed by atoms with Gasteiger partial charge in [-0.1, -0.05) is 6.58 Å². The van der Waals surface area contributed by atoms with Gasteiger partial charge in [0.25, 0.3) is 0 Å². The third kappa shape index (κ3) is 3.02. The molecule has 1 aliphatic rings. The van der Waals surface area contributed by atoms with Crippen LogP contribution in [0.15, 0.2) is 41.8 Å². The van der Waals surface area contributed by atoms with Gasteiger partial charge in [-0.15, -0.1) is 0 Å². The lowest BCUT2D eigenvalue weighted by molar-refractivity contribution is 0.0827. The summed E-state index contributed by atoms with van der Waals surface area (Å²) >= 11 is 3.50. The van der Waals surface area contributed by atoms with Crippen molar-refractivity contribution in [2.75, 3.05) is 19.9 Å². The minimum atomic E-state index is -0.257. The van der Waals surface area contributed by atoms with Gasteiger partial charge in [0.15, 0.2) is 5.75 Å². The van der Waals surface area contributed by atoms with E-state index < -0.39 is 0 Å². The van der Waals surface area contributed by atoms with Crippen molar-refractivity contribution >= 4 is 21.5 Å². The van der Waals surface area contributed by atoms with Crippen LogP contribution in [0.3, 0.4) is 0 Å². The highest BCUT2D eigenvalue weighted by atomic mass is 79.9. The highest BCUT2D eigenvalue weighted by molar-refractivity contribution is 9.10. The number of hydrogen-bond acceptors (Lipinski definition) is 5. The van der Waals surface area contributed by atoms with Crippen LogP contribution in [0.2, 0.25) is 0 Å². The number of halogens is 1. The van der Waals surface area contributed by atoms with Gasteiger partial charge in [-0.3, -0.25) is 4.98 Å². The van der Waals surface area contributed by atoms with Gasteiger partial charge < -0.3 is 15.2 Å². The van der Waals surface area contributed by atoms with Crippen molar-refractivity contribution in [1.29, 1.82) is 0 Å². The van der Waals surface area contributed by atoms with E-state index in [4.69, 9.17) is 15.2 Å². The SMILES string of the molecule is C=C(c1ccncc1)c1cc2c(c(Br)n1)OC[C@]2(C)COCN. The molecule has 2 aromatic heterocycles. The average molecular weight is 376 g/mol. The van der Waals surface area contributed by atoms with Crippen molar-refractivity contribution in [3.05, 3.63) is 58.6 Å². The van der Waals surface area contributed by atoms with Crippen LogP contribution in [-0.2, 0) is 10.2 Å². The second-order valence-corrected chi connectivity index (χ2v) is 6.51. The Labute approximate surface area is 143 Å². The monoisotopic (exact) mass is 375 g/mol. The molecule has 120 valence electrons. The van der Waals surface area contributed by atoms with Gasteiger partial charge in [-0.25, -0.2) is 4.98 Å². The molecule has 3 heterocycles. The van der Waals surface area contributed by atoms with E-state index in [2.05, 4.69) is 39.4 Å². The smallest absolute Gasteiger partial charge is 0.156 e. The Morgan fingerprint density at radius 2 is 2.22 bits per heavy atom. The van der Waals surface area contributed by atoms with Crippen LogP contribution in [0.4, 0.5) is 0 Å². The lowest BCUT2D eigenvalue weighted by atomic mass is 9.85.